The van der Waals surface area contributed by atoms with Crippen LogP contribution < -0.4 is 0 Å². The van der Waals surface area contributed by atoms with E-state index in [0.29, 0.717) is 18.5 Å². The number of rotatable bonds is 10. The van der Waals surface area contributed by atoms with Gasteiger partial charge in [0.25, 0.3) is 0 Å². The van der Waals surface area contributed by atoms with E-state index in [-0.39, 0.29) is 61.7 Å². The lowest BCUT2D eigenvalue weighted by Crippen LogP contribution is -2.75. The molecule has 242 valence electrons. The van der Waals surface area contributed by atoms with Crippen LogP contribution in [0.3, 0.4) is 0 Å². The minimum absolute atomic E-state index is 0.0425. The minimum atomic E-state index is -0.874. The monoisotopic (exact) mass is 633 g/mol. The molecule has 6 rings (SSSR count). The number of carbonyl (C=O) groups excluding carboxylic acids is 4. The first-order chi connectivity index (χ1) is 22.7. The van der Waals surface area contributed by atoms with Crippen molar-refractivity contribution in [1.29, 1.82) is 0 Å². The lowest BCUT2D eigenvalue weighted by Gasteiger charge is -2.55. The van der Waals surface area contributed by atoms with E-state index in [1.54, 1.807) is 50.2 Å². The molecule has 10 nitrogen and oxygen atoms in total. The molecule has 10 heteroatoms. The van der Waals surface area contributed by atoms with E-state index in [1.807, 2.05) is 66.3 Å². The number of hydrogen-bond donors (Lipinski definition) is 1. The Kier molecular flexibility index (Phi) is 8.95. The molecular weight excluding hydrogens is 594 g/mol. The highest BCUT2D eigenvalue weighted by molar-refractivity contribution is 6.07. The fourth-order valence-electron chi connectivity index (χ4n) is 6.94. The number of fused-ring (bicyclic) bond motifs is 2. The van der Waals surface area contributed by atoms with E-state index in [4.69, 9.17) is 0 Å². The van der Waals surface area contributed by atoms with Crippen LogP contribution >= 0.6 is 0 Å². The molecule has 4 aromatic rings. The Balaban J connectivity index is 1.39. The number of carbonyl (C=O) groups is 4. The molecule has 2 atom stereocenters. The zero-order chi connectivity index (χ0) is 33.2. The standard InChI is InChI=1S/C37H39N5O5/c1-4-19-40-24-35(46)41-32(20-27-13-16-29(44)17-14-27)37(47)39(21-28-11-8-12-30-31(25(2)43)22-38(3)36(28)30)23-33(41)42(40)34(45)18-15-26-9-6-5-7-10-26/h4-14,16-17,22,32-33,44H,1,15,18-21,23-24H2,2-3H3/t32-,33-/m0/s1. The Bertz CT molecular complexity index is 1830. The molecule has 47 heavy (non-hydrogen) atoms. The number of phenols is 1. The summed E-state index contributed by atoms with van der Waals surface area (Å²) in [6.45, 7) is 5.98. The first-order valence-electron chi connectivity index (χ1n) is 15.8. The summed E-state index contributed by atoms with van der Waals surface area (Å²) in [6, 6.07) is 21.2. The maximum atomic E-state index is 14.4. The summed E-state index contributed by atoms with van der Waals surface area (Å²) in [5, 5.41) is 14.1. The number of hydrazine groups is 1. The Morgan fingerprint density at radius 3 is 2.43 bits per heavy atom. The summed E-state index contributed by atoms with van der Waals surface area (Å²) in [6.07, 6.45) is 3.72. The summed E-state index contributed by atoms with van der Waals surface area (Å²) < 4.78 is 1.91. The predicted octanol–water partition coefficient (Wildman–Crippen LogP) is 4.07. The Morgan fingerprint density at radius 1 is 0.979 bits per heavy atom. The zero-order valence-corrected chi connectivity index (χ0v) is 26.7. The van der Waals surface area contributed by atoms with Crippen LogP contribution in [0.4, 0.5) is 0 Å². The van der Waals surface area contributed by atoms with Crippen LogP contribution in [0.25, 0.3) is 10.9 Å². The smallest absolute Gasteiger partial charge is 0.246 e. The second-order valence-electron chi connectivity index (χ2n) is 12.3. The molecule has 0 aliphatic carbocycles. The first-order valence-corrected chi connectivity index (χ1v) is 15.8. The van der Waals surface area contributed by atoms with E-state index in [1.165, 1.54) is 6.92 Å². The summed E-state index contributed by atoms with van der Waals surface area (Å²) in [4.78, 5) is 58.1. The number of aryl methyl sites for hydroxylation is 2. The van der Waals surface area contributed by atoms with E-state index in [0.717, 1.165) is 27.6 Å². The lowest BCUT2D eigenvalue weighted by molar-refractivity contribution is -0.205. The average Bonchev–Trinajstić information content (AvgIpc) is 3.41. The molecule has 0 unspecified atom stereocenters. The number of hydrogen-bond acceptors (Lipinski definition) is 6. The summed E-state index contributed by atoms with van der Waals surface area (Å²) in [7, 11) is 1.88. The largest absolute Gasteiger partial charge is 0.508 e. The topological polar surface area (TPSA) is 106 Å². The van der Waals surface area contributed by atoms with Gasteiger partial charge in [-0.2, -0.15) is 0 Å². The van der Waals surface area contributed by atoms with Crippen molar-refractivity contribution < 1.29 is 24.3 Å². The zero-order valence-electron chi connectivity index (χ0n) is 26.7. The fourth-order valence-corrected chi connectivity index (χ4v) is 6.94. The van der Waals surface area contributed by atoms with Crippen molar-refractivity contribution in [2.45, 2.75) is 44.9 Å². The maximum absolute atomic E-state index is 14.4. The summed E-state index contributed by atoms with van der Waals surface area (Å²) >= 11 is 0. The fraction of sp³-hybridized carbons (Fsp3) is 0.297. The van der Waals surface area contributed by atoms with Crippen molar-refractivity contribution in [3.8, 4) is 5.75 Å². The van der Waals surface area contributed by atoms with Gasteiger partial charge >= 0.3 is 0 Å². The quantitative estimate of drug-likeness (QED) is 0.209. The highest BCUT2D eigenvalue weighted by atomic mass is 16.3. The van der Waals surface area contributed by atoms with Gasteiger partial charge in [-0.25, -0.2) is 10.0 Å². The molecule has 3 aromatic carbocycles. The molecule has 2 aliphatic heterocycles. The van der Waals surface area contributed by atoms with Crippen molar-refractivity contribution in [3.63, 3.8) is 0 Å². The van der Waals surface area contributed by atoms with E-state index < -0.39 is 12.2 Å². The molecule has 3 heterocycles. The average molecular weight is 634 g/mol. The molecule has 2 aliphatic rings. The van der Waals surface area contributed by atoms with Crippen LogP contribution in [-0.4, -0.2) is 84.8 Å². The number of phenolic OH excluding ortho intramolecular Hbond substituents is 1. The van der Waals surface area contributed by atoms with Crippen molar-refractivity contribution in [2.24, 2.45) is 7.05 Å². The molecule has 2 fully saturated rings. The number of aromatic hydroxyl groups is 1. The number of aromatic nitrogens is 1. The number of benzene rings is 3. The van der Waals surface area contributed by atoms with E-state index in [9.17, 15) is 24.3 Å². The number of para-hydroxylation sites is 1. The Labute approximate surface area is 274 Å². The molecule has 1 N–H and O–H groups in total. The van der Waals surface area contributed by atoms with Gasteiger partial charge in [-0.1, -0.05) is 66.7 Å². The highest BCUT2D eigenvalue weighted by Gasteiger charge is 2.51. The molecule has 0 bridgehead atoms. The lowest BCUT2D eigenvalue weighted by atomic mass is 9.97. The maximum Gasteiger partial charge on any atom is 0.246 e. The van der Waals surface area contributed by atoms with Crippen molar-refractivity contribution in [1.82, 2.24) is 24.4 Å². The molecule has 0 radical (unpaired) electrons. The second kappa shape index (κ2) is 13.3. The highest BCUT2D eigenvalue weighted by Crippen LogP contribution is 2.32. The molecule has 0 saturated carbocycles. The van der Waals surface area contributed by atoms with Gasteiger partial charge in [0.2, 0.25) is 17.7 Å². The van der Waals surface area contributed by atoms with Crippen molar-refractivity contribution in [2.75, 3.05) is 19.6 Å². The third kappa shape index (κ3) is 6.29. The van der Waals surface area contributed by atoms with E-state index in [2.05, 4.69) is 6.58 Å². The summed E-state index contributed by atoms with van der Waals surface area (Å²) in [5.74, 6) is -0.551. The molecule has 1 aromatic heterocycles. The van der Waals surface area contributed by atoms with Crippen LogP contribution in [0.1, 0.15) is 40.4 Å². The molecular formula is C37H39N5O5. The van der Waals surface area contributed by atoms with Gasteiger partial charge in [-0.15, -0.1) is 6.58 Å². The van der Waals surface area contributed by atoms with Crippen LogP contribution in [0.5, 0.6) is 5.75 Å². The van der Waals surface area contributed by atoms with Gasteiger partial charge < -0.3 is 19.5 Å². The number of ketones is 1. The normalized spacial score (nSPS) is 18.5. The SMILES string of the molecule is C=CCN1CC(=O)N2[C@@H](Cc3ccc(O)cc3)C(=O)N(Cc3cccc4c(C(C)=O)cn(C)c34)C[C@@H]2N1C(=O)CCc1ccccc1. The van der Waals surface area contributed by atoms with Gasteiger partial charge in [0, 0.05) is 50.1 Å². The van der Waals surface area contributed by atoms with E-state index >= 15 is 0 Å². The predicted molar refractivity (Wildman–Crippen MR) is 178 cm³/mol. The number of piperazine rings is 1. The number of Topliss-reactive ketones (excluding diaryl/α,β-unsaturated/α-hetero) is 1. The first kappa shape index (κ1) is 31.7. The van der Waals surface area contributed by atoms with Gasteiger partial charge in [0.1, 0.15) is 18.0 Å². The summed E-state index contributed by atoms with van der Waals surface area (Å²) in [5.41, 5.74) is 4.13. The van der Waals surface area contributed by atoms with Crippen LogP contribution in [0.2, 0.25) is 0 Å². The van der Waals surface area contributed by atoms with Crippen molar-refractivity contribution >= 4 is 34.4 Å². The van der Waals surface area contributed by atoms with Gasteiger partial charge in [0.15, 0.2) is 5.78 Å². The molecule has 2 saturated heterocycles. The van der Waals surface area contributed by atoms with Crippen LogP contribution in [0, 0.1) is 0 Å². The van der Waals surface area contributed by atoms with Gasteiger partial charge in [-0.3, -0.25) is 19.2 Å². The number of nitrogens with zero attached hydrogens (tertiary/aromatic N) is 5. The third-order valence-electron chi connectivity index (χ3n) is 9.09. The van der Waals surface area contributed by atoms with Gasteiger partial charge in [0.05, 0.1) is 18.6 Å². The second-order valence-corrected chi connectivity index (χ2v) is 12.3. The number of amides is 3. The minimum Gasteiger partial charge on any atom is -0.508 e. The van der Waals surface area contributed by atoms with Gasteiger partial charge in [-0.05, 0) is 42.2 Å². The van der Waals surface area contributed by atoms with Crippen LogP contribution in [0.15, 0.2) is 91.6 Å². The Hall–Kier alpha value is -5.22. The third-order valence-corrected chi connectivity index (χ3v) is 9.09. The Morgan fingerprint density at radius 2 is 1.72 bits per heavy atom. The molecule has 3 amide bonds. The molecule has 0 spiro atoms. The van der Waals surface area contributed by atoms with Crippen molar-refractivity contribution in [3.05, 3.63) is 114 Å². The van der Waals surface area contributed by atoms with Crippen LogP contribution in [-0.2, 0) is 40.8 Å².